The molecule has 25 heavy (non-hydrogen) atoms. The quantitative estimate of drug-likeness (QED) is 0.653. The summed E-state index contributed by atoms with van der Waals surface area (Å²) in [6.45, 7) is 10.6. The zero-order valence-electron chi connectivity index (χ0n) is 15.8. The molecule has 3 heteroatoms. The van der Waals surface area contributed by atoms with Crippen molar-refractivity contribution in [2.75, 3.05) is 0 Å². The fourth-order valence-electron chi connectivity index (χ4n) is 6.91. The summed E-state index contributed by atoms with van der Waals surface area (Å²) in [5, 5.41) is 0. The van der Waals surface area contributed by atoms with Gasteiger partial charge in [-0.3, -0.25) is 9.59 Å². The first-order valence-electron chi connectivity index (χ1n) is 9.86. The molecule has 3 fully saturated rings. The molecule has 0 saturated heterocycles. The third kappa shape index (κ3) is 2.38. The number of allylic oxidation sites excluding steroid dienone is 2. The highest BCUT2D eigenvalue weighted by molar-refractivity contribution is 5.92. The molecule has 0 radical (unpaired) electrons. The molecule has 136 valence electrons. The molecule has 3 nitrogen and oxygen atoms in total. The van der Waals surface area contributed by atoms with Crippen LogP contribution in [0, 0.1) is 28.6 Å². The SMILES string of the molecule is C=C1C[C@@H]2[C@H]3CC[C@@H](OC(C)=O)[C@@]3(C)CC[C@H]2[C@@]2(C)CCC(=O)C=C12. The summed E-state index contributed by atoms with van der Waals surface area (Å²) >= 11 is 0. The largest absolute Gasteiger partial charge is 0.462 e. The van der Waals surface area contributed by atoms with Crippen LogP contribution in [0.2, 0.25) is 0 Å². The third-order valence-electron chi connectivity index (χ3n) is 8.15. The van der Waals surface area contributed by atoms with Crippen molar-refractivity contribution in [2.24, 2.45) is 28.6 Å². The van der Waals surface area contributed by atoms with Gasteiger partial charge in [-0.15, -0.1) is 0 Å². The van der Waals surface area contributed by atoms with Gasteiger partial charge in [0.25, 0.3) is 0 Å². The number of rotatable bonds is 1. The number of esters is 1. The highest BCUT2D eigenvalue weighted by Gasteiger charge is 2.60. The highest BCUT2D eigenvalue weighted by Crippen LogP contribution is 2.66. The van der Waals surface area contributed by atoms with Crippen molar-refractivity contribution in [3.05, 3.63) is 23.8 Å². The first-order chi connectivity index (χ1) is 11.8. The Labute approximate surface area is 150 Å². The molecule has 0 aliphatic heterocycles. The first kappa shape index (κ1) is 17.1. The Morgan fingerprint density at radius 1 is 1.20 bits per heavy atom. The zero-order valence-corrected chi connectivity index (χ0v) is 15.8. The summed E-state index contributed by atoms with van der Waals surface area (Å²) in [5.74, 6) is 1.96. The van der Waals surface area contributed by atoms with E-state index in [1.54, 1.807) is 0 Å². The van der Waals surface area contributed by atoms with Crippen LogP contribution in [0.25, 0.3) is 0 Å². The summed E-state index contributed by atoms with van der Waals surface area (Å²) in [6.07, 6.45) is 9.06. The summed E-state index contributed by atoms with van der Waals surface area (Å²) < 4.78 is 5.72. The molecule has 0 spiro atoms. The lowest BCUT2D eigenvalue weighted by atomic mass is 9.46. The van der Waals surface area contributed by atoms with Crippen LogP contribution in [-0.2, 0) is 14.3 Å². The van der Waals surface area contributed by atoms with Crippen LogP contribution in [0.3, 0.4) is 0 Å². The van der Waals surface area contributed by atoms with E-state index in [1.165, 1.54) is 24.5 Å². The Morgan fingerprint density at radius 3 is 2.68 bits per heavy atom. The molecule has 4 aliphatic rings. The second-order valence-electron chi connectivity index (χ2n) is 9.35. The number of hydrogen-bond donors (Lipinski definition) is 0. The molecule has 4 aliphatic carbocycles. The van der Waals surface area contributed by atoms with Gasteiger partial charge >= 0.3 is 5.97 Å². The van der Waals surface area contributed by atoms with Gasteiger partial charge in [-0.25, -0.2) is 0 Å². The molecule has 0 N–H and O–H groups in total. The van der Waals surface area contributed by atoms with Crippen molar-refractivity contribution in [3.8, 4) is 0 Å². The van der Waals surface area contributed by atoms with Gasteiger partial charge in [0, 0.05) is 18.8 Å². The molecule has 3 saturated carbocycles. The fraction of sp³-hybridized carbons (Fsp3) is 0.727. The molecule has 0 bridgehead atoms. The lowest BCUT2D eigenvalue weighted by molar-refractivity contribution is -0.156. The van der Waals surface area contributed by atoms with Crippen LogP contribution in [0.15, 0.2) is 23.8 Å². The van der Waals surface area contributed by atoms with Gasteiger partial charge in [-0.05, 0) is 73.3 Å². The average molecular weight is 342 g/mol. The Morgan fingerprint density at radius 2 is 1.96 bits per heavy atom. The maximum Gasteiger partial charge on any atom is 0.302 e. The summed E-state index contributed by atoms with van der Waals surface area (Å²) in [6, 6.07) is 0. The van der Waals surface area contributed by atoms with E-state index < -0.39 is 0 Å². The minimum atomic E-state index is -0.148. The van der Waals surface area contributed by atoms with Gasteiger partial charge in [0.1, 0.15) is 6.10 Å². The lowest BCUT2D eigenvalue weighted by Crippen LogP contribution is -2.52. The molecular weight excluding hydrogens is 312 g/mol. The smallest absolute Gasteiger partial charge is 0.302 e. The molecule has 0 aromatic rings. The standard InChI is InChI=1S/C22H30O3/c1-13-11-16-17-5-6-20(25-14(2)23)22(17,4)10-8-18(16)21(3)9-7-15(24)12-19(13)21/h12,16-18,20H,1,5-11H2,2-4H3/t16-,17-,18-,20-,21-,22+/m1/s1. The van der Waals surface area contributed by atoms with Crippen molar-refractivity contribution in [1.29, 1.82) is 0 Å². The Bertz CT molecular complexity index is 675. The van der Waals surface area contributed by atoms with E-state index in [9.17, 15) is 9.59 Å². The van der Waals surface area contributed by atoms with E-state index in [0.717, 1.165) is 32.1 Å². The van der Waals surface area contributed by atoms with Crippen LogP contribution < -0.4 is 0 Å². The van der Waals surface area contributed by atoms with Crippen LogP contribution in [0.1, 0.15) is 65.7 Å². The van der Waals surface area contributed by atoms with Gasteiger partial charge in [0.2, 0.25) is 0 Å². The number of carbonyl (C=O) groups excluding carboxylic acids is 2. The van der Waals surface area contributed by atoms with Crippen molar-refractivity contribution in [3.63, 3.8) is 0 Å². The maximum atomic E-state index is 12.0. The second-order valence-corrected chi connectivity index (χ2v) is 9.35. The molecule has 4 rings (SSSR count). The fourth-order valence-corrected chi connectivity index (χ4v) is 6.91. The molecule has 0 amide bonds. The molecule has 0 unspecified atom stereocenters. The highest BCUT2D eigenvalue weighted by atomic mass is 16.5. The number of carbonyl (C=O) groups is 2. The summed E-state index contributed by atoms with van der Waals surface area (Å²) in [5.41, 5.74) is 2.63. The number of hydrogen-bond acceptors (Lipinski definition) is 3. The zero-order chi connectivity index (χ0) is 18.0. The predicted molar refractivity (Wildman–Crippen MR) is 96.8 cm³/mol. The van der Waals surface area contributed by atoms with Crippen molar-refractivity contribution < 1.29 is 14.3 Å². The molecular formula is C22H30O3. The monoisotopic (exact) mass is 342 g/mol. The number of ketones is 1. The Hall–Kier alpha value is -1.38. The van der Waals surface area contributed by atoms with Crippen molar-refractivity contribution >= 4 is 11.8 Å². The maximum absolute atomic E-state index is 12.0. The van der Waals surface area contributed by atoms with Gasteiger partial charge < -0.3 is 4.74 Å². The average Bonchev–Trinajstić information content (AvgIpc) is 2.86. The van der Waals surface area contributed by atoms with Crippen LogP contribution in [0.4, 0.5) is 0 Å². The minimum Gasteiger partial charge on any atom is -0.462 e. The first-order valence-corrected chi connectivity index (χ1v) is 9.86. The predicted octanol–water partition coefficient (Wildman–Crippen LogP) is 4.62. The van der Waals surface area contributed by atoms with E-state index in [2.05, 4.69) is 20.4 Å². The van der Waals surface area contributed by atoms with Crippen molar-refractivity contribution in [1.82, 2.24) is 0 Å². The second kappa shape index (κ2) is 5.56. The Balaban J connectivity index is 1.67. The molecule has 0 aromatic carbocycles. The topological polar surface area (TPSA) is 43.4 Å². The third-order valence-corrected chi connectivity index (χ3v) is 8.15. The van der Waals surface area contributed by atoms with Crippen LogP contribution in [-0.4, -0.2) is 17.9 Å². The van der Waals surface area contributed by atoms with E-state index in [1.807, 2.05) is 6.08 Å². The summed E-state index contributed by atoms with van der Waals surface area (Å²) in [4.78, 5) is 23.5. The molecule has 0 heterocycles. The van der Waals surface area contributed by atoms with Gasteiger partial charge in [-0.1, -0.05) is 26.0 Å². The van der Waals surface area contributed by atoms with Crippen LogP contribution in [0.5, 0.6) is 0 Å². The van der Waals surface area contributed by atoms with E-state index in [0.29, 0.717) is 24.2 Å². The van der Waals surface area contributed by atoms with Crippen molar-refractivity contribution in [2.45, 2.75) is 71.8 Å². The Kier molecular flexibility index (Phi) is 3.79. The van der Waals surface area contributed by atoms with Crippen LogP contribution >= 0.6 is 0 Å². The van der Waals surface area contributed by atoms with Gasteiger partial charge in [0.05, 0.1) is 0 Å². The minimum absolute atomic E-state index is 0.0712. The van der Waals surface area contributed by atoms with E-state index in [4.69, 9.17) is 4.74 Å². The normalized spacial score (nSPS) is 46.0. The van der Waals surface area contributed by atoms with Gasteiger partial charge in [0.15, 0.2) is 5.78 Å². The molecule has 0 aromatic heterocycles. The summed E-state index contributed by atoms with van der Waals surface area (Å²) in [7, 11) is 0. The van der Waals surface area contributed by atoms with E-state index in [-0.39, 0.29) is 28.7 Å². The lowest BCUT2D eigenvalue weighted by Gasteiger charge is -2.58. The number of fused-ring (bicyclic) bond motifs is 5. The van der Waals surface area contributed by atoms with E-state index >= 15 is 0 Å². The van der Waals surface area contributed by atoms with Gasteiger partial charge in [-0.2, -0.15) is 0 Å². The number of ether oxygens (including phenoxy) is 1. The molecule has 6 atom stereocenters.